The standard InChI is InChI=1S/C63H67N/c1-59(2,3)42-27-30-47(41-35-43(60(4,5)6)37-44(36-41)61(7,8)9)53(38-42)52-23-15-18-26-58(52)64(45-28-31-50-48-21-13-16-24-54(48)62(10,11)56(50)39-45)46-29-32-51-49-22-14-17-25-55(49)63(57(51)40-46)33-19-12-20-34-63/h13-18,21-32,35-40H,12,19-20,33-34H2,1-11H3. The summed E-state index contributed by atoms with van der Waals surface area (Å²) in [6, 6.07) is 57.0. The molecule has 0 N–H and O–H groups in total. The van der Waals surface area contributed by atoms with Crippen LogP contribution in [0.1, 0.15) is 147 Å². The summed E-state index contributed by atoms with van der Waals surface area (Å²) < 4.78 is 0. The van der Waals surface area contributed by atoms with Crippen LogP contribution in [0.5, 0.6) is 0 Å². The average Bonchev–Trinajstić information content (AvgIpc) is 3.66. The SMILES string of the molecule is CC(C)(C)c1cc(-c2ccc(C(C)(C)C)cc2-c2ccccc2N(c2ccc3c(c2)C(C)(C)c2ccccc2-3)c2ccc3c(c2)C2(CCCCC2)c2ccccc2-3)cc(C(C)(C)C)c1. The summed E-state index contributed by atoms with van der Waals surface area (Å²) >= 11 is 0. The Balaban J connectivity index is 1.24. The highest BCUT2D eigenvalue weighted by atomic mass is 15.1. The molecule has 3 aliphatic carbocycles. The summed E-state index contributed by atoms with van der Waals surface area (Å²) in [6.45, 7) is 25.9. The van der Waals surface area contributed by atoms with Crippen molar-refractivity contribution in [3.63, 3.8) is 0 Å². The first-order chi connectivity index (χ1) is 30.4. The summed E-state index contributed by atoms with van der Waals surface area (Å²) in [6.07, 6.45) is 6.26. The van der Waals surface area contributed by atoms with Gasteiger partial charge in [-0.1, -0.05) is 205 Å². The van der Waals surface area contributed by atoms with E-state index >= 15 is 0 Å². The largest absolute Gasteiger partial charge is 0.310 e. The van der Waals surface area contributed by atoms with Crippen molar-refractivity contribution in [3.8, 4) is 44.5 Å². The topological polar surface area (TPSA) is 3.24 Å². The number of anilines is 3. The first kappa shape index (κ1) is 42.3. The van der Waals surface area contributed by atoms with Crippen LogP contribution in [0.3, 0.4) is 0 Å². The predicted molar refractivity (Wildman–Crippen MR) is 275 cm³/mol. The van der Waals surface area contributed by atoms with E-state index in [4.69, 9.17) is 0 Å². The van der Waals surface area contributed by atoms with Crippen LogP contribution in [-0.2, 0) is 27.1 Å². The van der Waals surface area contributed by atoms with Gasteiger partial charge >= 0.3 is 0 Å². The highest BCUT2D eigenvalue weighted by Crippen LogP contribution is 2.58. The van der Waals surface area contributed by atoms with Crippen LogP contribution < -0.4 is 4.90 Å². The first-order valence-corrected chi connectivity index (χ1v) is 24.1. The molecule has 64 heavy (non-hydrogen) atoms. The molecule has 0 radical (unpaired) electrons. The molecule has 0 atom stereocenters. The molecule has 324 valence electrons. The molecule has 1 spiro atoms. The Morgan fingerprint density at radius 1 is 0.375 bits per heavy atom. The maximum atomic E-state index is 2.61. The molecule has 10 rings (SSSR count). The molecule has 0 aliphatic heterocycles. The number of benzene rings is 7. The molecule has 7 aromatic rings. The second kappa shape index (κ2) is 14.9. The molecular formula is C63H67N. The molecule has 0 bridgehead atoms. The number of rotatable bonds is 5. The Bertz CT molecular complexity index is 2910. The summed E-state index contributed by atoms with van der Waals surface area (Å²) in [5, 5.41) is 0. The van der Waals surface area contributed by atoms with Crippen molar-refractivity contribution in [2.75, 3.05) is 4.90 Å². The molecule has 1 heteroatoms. The monoisotopic (exact) mass is 838 g/mol. The lowest BCUT2D eigenvalue weighted by Crippen LogP contribution is -2.28. The van der Waals surface area contributed by atoms with Gasteiger partial charge in [0.15, 0.2) is 0 Å². The van der Waals surface area contributed by atoms with Gasteiger partial charge in [-0.05, 0) is 143 Å². The Morgan fingerprint density at radius 2 is 0.859 bits per heavy atom. The third-order valence-corrected chi connectivity index (χ3v) is 15.3. The zero-order valence-corrected chi connectivity index (χ0v) is 40.3. The Labute approximate surface area is 384 Å². The fourth-order valence-electron chi connectivity index (χ4n) is 11.6. The lowest BCUT2D eigenvalue weighted by Gasteiger charge is -2.37. The van der Waals surface area contributed by atoms with E-state index in [0.29, 0.717) is 0 Å². The summed E-state index contributed by atoms with van der Waals surface area (Å²) in [5.74, 6) is 0. The molecule has 0 heterocycles. The van der Waals surface area contributed by atoms with E-state index in [-0.39, 0.29) is 27.1 Å². The van der Waals surface area contributed by atoms with E-state index in [9.17, 15) is 0 Å². The van der Waals surface area contributed by atoms with E-state index in [1.165, 1.54) is 133 Å². The minimum absolute atomic E-state index is 0.000157. The highest BCUT2D eigenvalue weighted by Gasteiger charge is 2.44. The van der Waals surface area contributed by atoms with Crippen LogP contribution in [0, 0.1) is 0 Å². The smallest absolute Gasteiger partial charge is 0.0540 e. The van der Waals surface area contributed by atoms with Gasteiger partial charge in [-0.3, -0.25) is 0 Å². The third kappa shape index (κ3) is 6.88. The van der Waals surface area contributed by atoms with Gasteiger partial charge in [0, 0.05) is 27.8 Å². The van der Waals surface area contributed by atoms with E-state index in [0.717, 1.165) is 0 Å². The average molecular weight is 838 g/mol. The van der Waals surface area contributed by atoms with Crippen LogP contribution in [0.15, 0.2) is 146 Å². The normalized spacial score (nSPS) is 16.0. The summed E-state index contributed by atoms with van der Waals surface area (Å²) in [7, 11) is 0. The molecule has 1 saturated carbocycles. The molecule has 0 saturated heterocycles. The van der Waals surface area contributed by atoms with E-state index in [1.54, 1.807) is 0 Å². The lowest BCUT2D eigenvalue weighted by molar-refractivity contribution is 0.353. The highest BCUT2D eigenvalue weighted by molar-refractivity contribution is 5.96. The third-order valence-electron chi connectivity index (χ3n) is 15.3. The number of nitrogens with zero attached hydrogens (tertiary/aromatic N) is 1. The van der Waals surface area contributed by atoms with Crippen molar-refractivity contribution < 1.29 is 0 Å². The van der Waals surface area contributed by atoms with Gasteiger partial charge in [0.05, 0.1) is 5.69 Å². The second-order valence-corrected chi connectivity index (χ2v) is 23.0. The van der Waals surface area contributed by atoms with E-state index in [1.807, 2.05) is 0 Å². The van der Waals surface area contributed by atoms with Crippen LogP contribution in [0.2, 0.25) is 0 Å². The van der Waals surface area contributed by atoms with Gasteiger partial charge in [0.2, 0.25) is 0 Å². The van der Waals surface area contributed by atoms with Crippen LogP contribution in [-0.4, -0.2) is 0 Å². The predicted octanol–water partition coefficient (Wildman–Crippen LogP) is 17.9. The summed E-state index contributed by atoms with van der Waals surface area (Å²) in [4.78, 5) is 2.61. The summed E-state index contributed by atoms with van der Waals surface area (Å²) in [5.41, 5.74) is 24.0. The molecule has 3 aliphatic rings. The minimum Gasteiger partial charge on any atom is -0.310 e. The Hall–Kier alpha value is -5.66. The molecule has 0 unspecified atom stereocenters. The van der Waals surface area contributed by atoms with Gasteiger partial charge < -0.3 is 4.90 Å². The lowest BCUT2D eigenvalue weighted by atomic mass is 9.68. The van der Waals surface area contributed by atoms with Gasteiger partial charge in [-0.25, -0.2) is 0 Å². The maximum absolute atomic E-state index is 2.61. The van der Waals surface area contributed by atoms with Crippen molar-refractivity contribution >= 4 is 17.1 Å². The quantitative estimate of drug-likeness (QED) is 0.167. The zero-order valence-electron chi connectivity index (χ0n) is 40.3. The number of hydrogen-bond acceptors (Lipinski definition) is 1. The zero-order chi connectivity index (χ0) is 45.0. The van der Waals surface area contributed by atoms with Crippen molar-refractivity contribution in [1.29, 1.82) is 0 Å². The molecular weight excluding hydrogens is 771 g/mol. The molecule has 7 aromatic carbocycles. The second-order valence-electron chi connectivity index (χ2n) is 23.0. The first-order valence-electron chi connectivity index (χ1n) is 24.1. The fraction of sp³-hybridized carbons (Fsp3) is 0.333. The van der Waals surface area contributed by atoms with Gasteiger partial charge in [-0.2, -0.15) is 0 Å². The van der Waals surface area contributed by atoms with E-state index in [2.05, 4.69) is 227 Å². The molecule has 1 fully saturated rings. The van der Waals surface area contributed by atoms with Gasteiger partial charge in [0.25, 0.3) is 0 Å². The van der Waals surface area contributed by atoms with Crippen molar-refractivity contribution in [2.45, 2.75) is 135 Å². The fourth-order valence-corrected chi connectivity index (χ4v) is 11.6. The minimum atomic E-state index is -0.129. The van der Waals surface area contributed by atoms with Gasteiger partial charge in [0.1, 0.15) is 0 Å². The maximum Gasteiger partial charge on any atom is 0.0540 e. The van der Waals surface area contributed by atoms with Crippen LogP contribution >= 0.6 is 0 Å². The van der Waals surface area contributed by atoms with Crippen molar-refractivity contribution in [1.82, 2.24) is 0 Å². The molecule has 0 amide bonds. The van der Waals surface area contributed by atoms with Crippen LogP contribution in [0.25, 0.3) is 44.5 Å². The Kier molecular flexibility index (Phi) is 9.88. The van der Waals surface area contributed by atoms with Crippen molar-refractivity contribution in [3.05, 3.63) is 185 Å². The molecule has 0 aromatic heterocycles. The van der Waals surface area contributed by atoms with Crippen LogP contribution in [0.4, 0.5) is 17.1 Å². The van der Waals surface area contributed by atoms with Gasteiger partial charge in [-0.15, -0.1) is 0 Å². The number of fused-ring (bicyclic) bond motifs is 8. The number of hydrogen-bond donors (Lipinski definition) is 0. The Morgan fingerprint density at radius 3 is 1.47 bits per heavy atom. The van der Waals surface area contributed by atoms with Crippen molar-refractivity contribution in [2.24, 2.45) is 0 Å². The number of para-hydroxylation sites is 1. The van der Waals surface area contributed by atoms with E-state index < -0.39 is 0 Å². The molecule has 1 nitrogen and oxygen atoms in total.